The number of hydrogen-bond donors (Lipinski definition) is 1. The Bertz CT molecular complexity index is 156. The summed E-state index contributed by atoms with van der Waals surface area (Å²) >= 11 is 0. The second kappa shape index (κ2) is 14.0. The summed E-state index contributed by atoms with van der Waals surface area (Å²) in [7, 11) is -2.65. The third-order valence-electron chi connectivity index (χ3n) is 0.931. The summed E-state index contributed by atoms with van der Waals surface area (Å²) in [6, 6.07) is 0. The first-order chi connectivity index (χ1) is 6.62. The van der Waals surface area contributed by atoms with Crippen LogP contribution in [-0.4, -0.2) is 33.5 Å². The van der Waals surface area contributed by atoms with Crippen molar-refractivity contribution in [2.24, 2.45) is 0 Å². The van der Waals surface area contributed by atoms with Crippen LogP contribution in [-0.2, 0) is 18.3 Å². The van der Waals surface area contributed by atoms with Crippen LogP contribution in [0.4, 0.5) is 0 Å². The summed E-state index contributed by atoms with van der Waals surface area (Å²) in [5, 5.41) is 0. The molecule has 0 rings (SSSR count). The van der Waals surface area contributed by atoms with E-state index in [0.717, 1.165) is 0 Å². The van der Waals surface area contributed by atoms with Crippen molar-refractivity contribution in [1.82, 2.24) is 0 Å². The standard InChI is InChI=1S/C5H14NO5P.C2H6.CH4/c1-9-4-5-11-12(7,8)10-3-2-6;1-2;/h2-6H2,1H3,(H,7,8);1-2H3;1H4. The van der Waals surface area contributed by atoms with Crippen LogP contribution in [0.1, 0.15) is 21.3 Å². The van der Waals surface area contributed by atoms with Crippen LogP contribution in [0.25, 0.3) is 0 Å². The lowest BCUT2D eigenvalue weighted by atomic mass is 10.8. The van der Waals surface area contributed by atoms with Crippen LogP contribution in [0.2, 0.25) is 0 Å². The van der Waals surface area contributed by atoms with Gasteiger partial charge in [0.2, 0.25) is 0 Å². The average Bonchev–Trinajstić information content (AvgIpc) is 2.18. The fraction of sp³-hybridized carbons (Fsp3) is 1.00. The van der Waals surface area contributed by atoms with Crippen molar-refractivity contribution in [2.45, 2.75) is 21.3 Å². The first-order valence-electron chi connectivity index (χ1n) is 4.50. The molecular weight excluding hydrogens is 221 g/mol. The van der Waals surface area contributed by atoms with E-state index in [-0.39, 0.29) is 27.2 Å². The van der Waals surface area contributed by atoms with Crippen molar-refractivity contribution < 1.29 is 29.0 Å². The predicted molar refractivity (Wildman–Crippen MR) is 57.2 cm³/mol. The van der Waals surface area contributed by atoms with Gasteiger partial charge in [0.05, 0.1) is 19.8 Å². The van der Waals surface area contributed by atoms with Crippen LogP contribution in [0, 0.1) is 0 Å². The Morgan fingerprint density at radius 3 is 2.07 bits per heavy atom. The van der Waals surface area contributed by atoms with E-state index >= 15 is 0 Å². The van der Waals surface area contributed by atoms with Crippen LogP contribution in [0.5, 0.6) is 0 Å². The molecule has 7 heteroatoms. The van der Waals surface area contributed by atoms with Crippen molar-refractivity contribution >= 4 is 7.82 Å². The largest absolute Gasteiger partial charge is 0.756 e. The molecule has 6 nitrogen and oxygen atoms in total. The number of methoxy groups -OCH3 is 1. The molecule has 1 atom stereocenters. The molecule has 0 amide bonds. The van der Waals surface area contributed by atoms with Crippen molar-refractivity contribution in [1.29, 1.82) is 0 Å². The number of rotatable bonds is 7. The van der Waals surface area contributed by atoms with E-state index in [0.29, 0.717) is 6.54 Å². The first-order valence-corrected chi connectivity index (χ1v) is 5.97. The molecule has 0 aromatic heterocycles. The average molecular weight is 245 g/mol. The lowest BCUT2D eigenvalue weighted by Crippen LogP contribution is -2.52. The van der Waals surface area contributed by atoms with Crippen LogP contribution in [0.15, 0.2) is 0 Å². The normalized spacial score (nSPS) is 13.1. The fourth-order valence-electron chi connectivity index (χ4n) is 0.446. The van der Waals surface area contributed by atoms with E-state index in [1.54, 1.807) is 0 Å². The molecule has 0 aromatic carbocycles. The summed E-state index contributed by atoms with van der Waals surface area (Å²) in [6.07, 6.45) is 0. The molecule has 0 heterocycles. The second-order valence-electron chi connectivity index (χ2n) is 1.96. The Labute approximate surface area is 92.3 Å². The topological polar surface area (TPSA) is 95.5 Å². The highest BCUT2D eigenvalue weighted by Crippen LogP contribution is 2.37. The Morgan fingerprint density at radius 1 is 1.20 bits per heavy atom. The van der Waals surface area contributed by atoms with E-state index in [9.17, 15) is 9.46 Å². The lowest BCUT2D eigenvalue weighted by molar-refractivity contribution is -0.373. The van der Waals surface area contributed by atoms with Crippen LogP contribution < -0.4 is 10.6 Å². The third-order valence-corrected chi connectivity index (χ3v) is 1.93. The molecule has 0 bridgehead atoms. The van der Waals surface area contributed by atoms with Gasteiger partial charge in [-0.05, 0) is 0 Å². The molecule has 3 N–H and O–H groups in total. The van der Waals surface area contributed by atoms with E-state index in [4.69, 9.17) is 0 Å². The maximum absolute atomic E-state index is 10.8. The number of phosphoric ester groups is 1. The smallest absolute Gasteiger partial charge is 0.268 e. The van der Waals surface area contributed by atoms with Gasteiger partial charge in [-0.25, -0.2) is 0 Å². The van der Waals surface area contributed by atoms with Gasteiger partial charge in [-0.15, -0.1) is 0 Å². The highest BCUT2D eigenvalue weighted by molar-refractivity contribution is 7.45. The molecule has 1 unspecified atom stereocenters. The van der Waals surface area contributed by atoms with E-state index in [2.05, 4.69) is 19.5 Å². The van der Waals surface area contributed by atoms with Gasteiger partial charge >= 0.3 is 0 Å². The van der Waals surface area contributed by atoms with Gasteiger partial charge in [0.1, 0.15) is 6.61 Å². The van der Waals surface area contributed by atoms with Crippen molar-refractivity contribution in [3.8, 4) is 0 Å². The van der Waals surface area contributed by atoms with Gasteiger partial charge in [0.15, 0.2) is 0 Å². The first kappa shape index (κ1) is 20.4. The maximum atomic E-state index is 10.8. The van der Waals surface area contributed by atoms with Crippen molar-refractivity contribution in [3.63, 3.8) is 0 Å². The summed E-state index contributed by atoms with van der Waals surface area (Å²) in [5.74, 6) is 0. The van der Waals surface area contributed by atoms with Gasteiger partial charge in [-0.3, -0.25) is 4.57 Å². The molecule has 15 heavy (non-hydrogen) atoms. The summed E-state index contributed by atoms with van der Waals surface area (Å²) in [4.78, 5) is 10.8. The van der Waals surface area contributed by atoms with E-state index in [1.165, 1.54) is 7.11 Å². The fourth-order valence-corrected chi connectivity index (χ4v) is 1.17. The molecular formula is C8H24NO5P. The third kappa shape index (κ3) is 16.7. The molecule has 0 aliphatic heterocycles. The molecule has 0 saturated heterocycles. The molecule has 0 aliphatic carbocycles. The molecule has 0 spiro atoms. The zero-order valence-corrected chi connectivity index (χ0v) is 9.92. The van der Waals surface area contributed by atoms with Crippen LogP contribution >= 0.6 is 7.82 Å². The minimum absolute atomic E-state index is 0. The number of phosphoric acid groups is 1. The molecule has 0 fully saturated rings. The van der Waals surface area contributed by atoms with Gasteiger partial charge < -0.3 is 24.4 Å². The highest BCUT2D eigenvalue weighted by Gasteiger charge is 2.07. The Kier molecular flexibility index (Phi) is 19.1. The Morgan fingerprint density at radius 2 is 1.67 bits per heavy atom. The minimum atomic E-state index is -4.11. The maximum Gasteiger partial charge on any atom is 0.268 e. The van der Waals surface area contributed by atoms with Crippen molar-refractivity contribution in [3.05, 3.63) is 0 Å². The monoisotopic (exact) mass is 245 g/mol. The second-order valence-corrected chi connectivity index (χ2v) is 3.37. The zero-order chi connectivity index (χ0) is 11.4. The quantitative estimate of drug-likeness (QED) is 0.504. The molecule has 0 aromatic rings. The summed E-state index contributed by atoms with van der Waals surface area (Å²) in [6.45, 7) is 4.64. The summed E-state index contributed by atoms with van der Waals surface area (Å²) < 4.78 is 24.1. The molecule has 0 aliphatic rings. The van der Waals surface area contributed by atoms with Crippen molar-refractivity contribution in [2.75, 3.05) is 33.5 Å². The van der Waals surface area contributed by atoms with Gasteiger partial charge in [-0.1, -0.05) is 21.3 Å². The van der Waals surface area contributed by atoms with Crippen LogP contribution in [0.3, 0.4) is 0 Å². The minimum Gasteiger partial charge on any atom is -0.756 e. The van der Waals surface area contributed by atoms with Gasteiger partial charge in [0.25, 0.3) is 7.82 Å². The molecule has 96 valence electrons. The summed E-state index contributed by atoms with van der Waals surface area (Å²) in [5.41, 5.74) is 3.42. The Hall–Kier alpha value is 0.0300. The predicted octanol–water partition coefficient (Wildman–Crippen LogP) is 0.0386. The zero-order valence-electron chi connectivity index (χ0n) is 9.02. The van der Waals surface area contributed by atoms with E-state index < -0.39 is 7.82 Å². The molecule has 0 radical (unpaired) electrons. The number of hydrogen-bond acceptors (Lipinski definition) is 5. The Balaban J connectivity index is -0.000000449. The van der Waals surface area contributed by atoms with E-state index in [1.807, 2.05) is 13.8 Å². The molecule has 0 saturated carbocycles. The number of quaternary nitrogens is 1. The SMILES string of the molecule is C.CC.COCCOP(=O)([O-])OCC[NH3+]. The lowest BCUT2D eigenvalue weighted by Gasteiger charge is -2.21. The van der Waals surface area contributed by atoms with Gasteiger partial charge in [-0.2, -0.15) is 0 Å². The van der Waals surface area contributed by atoms with Gasteiger partial charge in [0, 0.05) is 7.11 Å². The highest BCUT2D eigenvalue weighted by atomic mass is 31.2. The number of ether oxygens (including phenoxy) is 1.